The lowest BCUT2D eigenvalue weighted by Crippen LogP contribution is -2.12. The molecule has 66 valence electrons. The Morgan fingerprint density at radius 3 is 2.55 bits per heavy atom. The van der Waals surface area contributed by atoms with Gasteiger partial charge in [0.05, 0.1) is 0 Å². The zero-order chi connectivity index (χ0) is 8.48. The van der Waals surface area contributed by atoms with E-state index in [1.807, 2.05) is 0 Å². The van der Waals surface area contributed by atoms with Crippen molar-refractivity contribution in [1.29, 1.82) is 0 Å². The Balaban J connectivity index is 2.53. The van der Waals surface area contributed by atoms with E-state index in [-0.39, 0.29) is 4.32 Å². The Bertz CT molecular complexity index is 181. The first-order valence-electron chi connectivity index (χ1n) is 3.46. The zero-order valence-electron chi connectivity index (χ0n) is 6.62. The van der Waals surface area contributed by atoms with E-state index >= 15 is 0 Å². The minimum absolute atomic E-state index is 0.00810. The van der Waals surface area contributed by atoms with Gasteiger partial charge < -0.3 is 4.57 Å². The van der Waals surface area contributed by atoms with Crippen molar-refractivity contribution in [2.24, 2.45) is 0 Å². The molecule has 0 aromatic heterocycles. The minimum atomic E-state index is -2.09. The van der Waals surface area contributed by atoms with Crippen LogP contribution in [0.5, 0.6) is 0 Å². The Morgan fingerprint density at radius 1 is 1.55 bits per heavy atom. The quantitative estimate of drug-likeness (QED) is 0.624. The Kier molecular flexibility index (Phi) is 3.36. The molecule has 0 spiro atoms. The number of rotatable bonds is 1. The van der Waals surface area contributed by atoms with Crippen LogP contribution in [-0.4, -0.2) is 28.9 Å². The summed E-state index contributed by atoms with van der Waals surface area (Å²) in [7, 11) is -2.09. The average Bonchev–Trinajstić information content (AvgIpc) is 1.86. The van der Waals surface area contributed by atoms with Crippen molar-refractivity contribution in [2.75, 3.05) is 19.1 Å². The average molecular weight is 214 g/mol. The molecule has 1 aliphatic rings. The lowest BCUT2D eigenvalue weighted by atomic mass is 10.5. The maximum Gasteiger partial charge on any atom is 0.148 e. The van der Waals surface area contributed by atoms with Gasteiger partial charge in [0, 0.05) is 0 Å². The van der Waals surface area contributed by atoms with Gasteiger partial charge in [-0.25, -0.2) is 4.39 Å². The summed E-state index contributed by atoms with van der Waals surface area (Å²) in [5, 5.41) is 0. The predicted molar refractivity (Wildman–Crippen MR) is 52.8 cm³/mol. The lowest BCUT2D eigenvalue weighted by Gasteiger charge is -2.26. The summed E-state index contributed by atoms with van der Waals surface area (Å²) in [6.07, 6.45) is 0.603. The second kappa shape index (κ2) is 3.71. The molecular weight excluding hydrogens is 202 g/mol. The molecule has 0 N–H and O–H groups in total. The maximum atomic E-state index is 12.8. The monoisotopic (exact) mass is 214 g/mol. The zero-order valence-corrected chi connectivity index (χ0v) is 9.15. The molecule has 0 aromatic rings. The highest BCUT2D eigenvalue weighted by atomic mass is 32.2. The van der Waals surface area contributed by atoms with Crippen molar-refractivity contribution >= 4 is 30.7 Å². The number of halogens is 1. The molecule has 1 heterocycles. The van der Waals surface area contributed by atoms with E-state index in [9.17, 15) is 8.96 Å². The standard InChI is InChI=1S/C6H12FOPS2/c1-9(2,8)6-10-4-3-5(7)11-6/h5-6H,3-4H2,1-2H3/t5-,6+/m0/s1. The van der Waals surface area contributed by atoms with Crippen LogP contribution in [0.3, 0.4) is 0 Å². The summed E-state index contributed by atoms with van der Waals surface area (Å²) in [5.41, 5.74) is -0.797. The maximum absolute atomic E-state index is 12.8. The molecule has 1 fully saturated rings. The lowest BCUT2D eigenvalue weighted by molar-refractivity contribution is 0.444. The van der Waals surface area contributed by atoms with E-state index in [0.717, 1.165) is 5.75 Å². The van der Waals surface area contributed by atoms with Crippen LogP contribution in [0.25, 0.3) is 0 Å². The molecule has 0 bridgehead atoms. The first kappa shape index (κ1) is 9.94. The summed E-state index contributed by atoms with van der Waals surface area (Å²) in [5.74, 6) is 0.810. The van der Waals surface area contributed by atoms with Crippen LogP contribution in [0.15, 0.2) is 0 Å². The third kappa shape index (κ3) is 3.00. The van der Waals surface area contributed by atoms with Crippen LogP contribution in [0.4, 0.5) is 4.39 Å². The van der Waals surface area contributed by atoms with Gasteiger partial charge in [-0.1, -0.05) is 0 Å². The van der Waals surface area contributed by atoms with Crippen LogP contribution >= 0.6 is 30.7 Å². The van der Waals surface area contributed by atoms with E-state index in [1.165, 1.54) is 11.8 Å². The Labute approximate surface area is 75.3 Å². The van der Waals surface area contributed by atoms with Gasteiger partial charge in [0.25, 0.3) is 0 Å². The number of hydrogen-bond donors (Lipinski definition) is 0. The van der Waals surface area contributed by atoms with E-state index in [2.05, 4.69) is 0 Å². The fourth-order valence-corrected chi connectivity index (χ4v) is 6.31. The molecule has 5 heteroatoms. The molecule has 2 atom stereocenters. The number of thioether (sulfide) groups is 2. The van der Waals surface area contributed by atoms with Crippen LogP contribution in [0.1, 0.15) is 6.42 Å². The second-order valence-electron chi connectivity index (χ2n) is 2.95. The van der Waals surface area contributed by atoms with Crippen molar-refractivity contribution in [3.63, 3.8) is 0 Å². The summed E-state index contributed by atoms with van der Waals surface area (Å²) in [4.78, 5) is 0. The topological polar surface area (TPSA) is 17.1 Å². The summed E-state index contributed by atoms with van der Waals surface area (Å²) in [6.45, 7) is 3.46. The van der Waals surface area contributed by atoms with Crippen molar-refractivity contribution < 1.29 is 8.96 Å². The number of alkyl halides is 1. The van der Waals surface area contributed by atoms with E-state index in [1.54, 1.807) is 25.1 Å². The summed E-state index contributed by atoms with van der Waals surface area (Å²) in [6, 6.07) is 0. The molecule has 0 unspecified atom stereocenters. The molecule has 0 amide bonds. The highest BCUT2D eigenvalue weighted by Gasteiger charge is 2.31. The van der Waals surface area contributed by atoms with Gasteiger partial charge in [-0.05, 0) is 25.5 Å². The molecule has 0 aromatic carbocycles. The van der Waals surface area contributed by atoms with Gasteiger partial charge in [-0.15, -0.1) is 23.5 Å². The van der Waals surface area contributed by atoms with Crippen molar-refractivity contribution in [2.45, 2.75) is 16.2 Å². The van der Waals surface area contributed by atoms with Crippen molar-refractivity contribution in [1.82, 2.24) is 0 Å². The SMILES string of the molecule is CP(C)(=O)[C@@H]1SCC[C@@H](F)S1. The Morgan fingerprint density at radius 2 is 2.18 bits per heavy atom. The fourth-order valence-electron chi connectivity index (χ4n) is 0.821. The first-order valence-corrected chi connectivity index (χ1v) is 8.12. The van der Waals surface area contributed by atoms with E-state index < -0.39 is 12.6 Å². The first-order chi connectivity index (χ1) is 5.00. The van der Waals surface area contributed by atoms with Gasteiger partial charge in [-0.2, -0.15) is 0 Å². The van der Waals surface area contributed by atoms with Crippen molar-refractivity contribution in [3.8, 4) is 0 Å². The Hall–Kier alpha value is 0.860. The molecular formula is C6H12FOPS2. The largest absolute Gasteiger partial charge is 0.322 e. The van der Waals surface area contributed by atoms with Gasteiger partial charge in [-0.3, -0.25) is 0 Å². The smallest absolute Gasteiger partial charge is 0.148 e. The predicted octanol–water partition coefficient (Wildman–Crippen LogP) is 3.06. The second-order valence-corrected chi connectivity index (χ2v) is 9.80. The molecule has 0 saturated carbocycles. The third-order valence-electron chi connectivity index (χ3n) is 1.38. The fraction of sp³-hybridized carbons (Fsp3) is 1.00. The molecule has 0 aliphatic carbocycles. The summed E-state index contributed by atoms with van der Waals surface area (Å²) < 4.78 is 24.3. The van der Waals surface area contributed by atoms with Gasteiger partial charge in [0.15, 0.2) is 0 Å². The van der Waals surface area contributed by atoms with Gasteiger partial charge in [0.1, 0.15) is 17.0 Å². The highest BCUT2D eigenvalue weighted by molar-refractivity contribution is 8.25. The van der Waals surface area contributed by atoms with Crippen LogP contribution in [0, 0.1) is 0 Å². The summed E-state index contributed by atoms with van der Waals surface area (Å²) >= 11 is 2.86. The van der Waals surface area contributed by atoms with Gasteiger partial charge >= 0.3 is 0 Å². The molecule has 1 nitrogen and oxygen atoms in total. The van der Waals surface area contributed by atoms with E-state index in [0.29, 0.717) is 6.42 Å². The third-order valence-corrected chi connectivity index (χ3v) is 8.51. The van der Waals surface area contributed by atoms with Gasteiger partial charge in [0.2, 0.25) is 0 Å². The van der Waals surface area contributed by atoms with Crippen LogP contribution in [-0.2, 0) is 4.57 Å². The van der Waals surface area contributed by atoms with Crippen molar-refractivity contribution in [3.05, 3.63) is 0 Å². The molecule has 1 aliphatic heterocycles. The highest BCUT2D eigenvalue weighted by Crippen LogP contribution is 2.57. The molecule has 1 rings (SSSR count). The van der Waals surface area contributed by atoms with Crippen LogP contribution < -0.4 is 0 Å². The van der Waals surface area contributed by atoms with E-state index in [4.69, 9.17) is 0 Å². The molecule has 11 heavy (non-hydrogen) atoms. The van der Waals surface area contributed by atoms with Crippen LogP contribution in [0.2, 0.25) is 0 Å². The normalized spacial score (nSPS) is 33.7. The number of hydrogen-bond acceptors (Lipinski definition) is 3. The minimum Gasteiger partial charge on any atom is -0.322 e. The molecule has 1 saturated heterocycles. The molecule has 0 radical (unpaired) electrons.